The van der Waals surface area contributed by atoms with Crippen molar-refractivity contribution < 1.29 is 19.8 Å². The highest BCUT2D eigenvalue weighted by Crippen LogP contribution is 2.16. The molecule has 16 heavy (non-hydrogen) atoms. The Labute approximate surface area is 96.1 Å². The van der Waals surface area contributed by atoms with Gasteiger partial charge >= 0.3 is 11.9 Å². The highest BCUT2D eigenvalue weighted by Gasteiger charge is 2.27. The SMILES string of the molecule is CC(C)N(C(C)C)C(CC(=O)O)CC(=O)O. The van der Waals surface area contributed by atoms with E-state index in [9.17, 15) is 9.59 Å². The summed E-state index contributed by atoms with van der Waals surface area (Å²) in [7, 11) is 0. The van der Waals surface area contributed by atoms with Gasteiger partial charge in [0.25, 0.3) is 0 Å². The van der Waals surface area contributed by atoms with Gasteiger partial charge in [-0.25, -0.2) is 0 Å². The summed E-state index contributed by atoms with van der Waals surface area (Å²) in [4.78, 5) is 23.4. The molecule has 0 radical (unpaired) electrons. The molecule has 2 N–H and O–H groups in total. The molecule has 0 aromatic carbocycles. The van der Waals surface area contributed by atoms with Gasteiger partial charge in [-0.05, 0) is 27.7 Å². The number of aliphatic carboxylic acids is 2. The van der Waals surface area contributed by atoms with Gasteiger partial charge in [-0.3, -0.25) is 14.5 Å². The second-order valence-electron chi connectivity index (χ2n) is 4.48. The number of hydrogen-bond donors (Lipinski definition) is 2. The molecule has 0 spiro atoms. The van der Waals surface area contributed by atoms with Gasteiger partial charge in [0.1, 0.15) is 0 Å². The van der Waals surface area contributed by atoms with Gasteiger partial charge in [0.2, 0.25) is 0 Å². The number of carboxylic acids is 2. The standard InChI is InChI=1S/C11H21NO4/c1-7(2)12(8(3)4)9(5-10(13)14)6-11(15)16/h7-9H,5-6H2,1-4H3,(H,13,14)(H,15,16). The molecule has 0 heterocycles. The lowest BCUT2D eigenvalue weighted by Crippen LogP contribution is -2.46. The van der Waals surface area contributed by atoms with Gasteiger partial charge in [-0.2, -0.15) is 0 Å². The number of rotatable bonds is 7. The average molecular weight is 231 g/mol. The fourth-order valence-electron chi connectivity index (χ4n) is 2.13. The normalized spacial score (nSPS) is 11.8. The lowest BCUT2D eigenvalue weighted by Gasteiger charge is -2.36. The van der Waals surface area contributed by atoms with Crippen molar-refractivity contribution >= 4 is 11.9 Å². The van der Waals surface area contributed by atoms with Gasteiger partial charge in [0.05, 0.1) is 12.8 Å². The summed E-state index contributed by atoms with van der Waals surface area (Å²) in [6, 6.07) is -0.192. The van der Waals surface area contributed by atoms with Crippen LogP contribution in [0, 0.1) is 0 Å². The van der Waals surface area contributed by atoms with Gasteiger partial charge < -0.3 is 10.2 Å². The van der Waals surface area contributed by atoms with Gasteiger partial charge in [0, 0.05) is 18.1 Å². The third-order valence-corrected chi connectivity index (χ3v) is 2.43. The van der Waals surface area contributed by atoms with Gasteiger partial charge in [-0.15, -0.1) is 0 Å². The van der Waals surface area contributed by atoms with Crippen molar-refractivity contribution in [2.24, 2.45) is 0 Å². The predicted octanol–water partition coefficient (Wildman–Crippen LogP) is 1.42. The van der Waals surface area contributed by atoms with Crippen LogP contribution in [0.4, 0.5) is 0 Å². The molecule has 0 amide bonds. The first-order chi connectivity index (χ1) is 7.25. The first kappa shape index (κ1) is 14.9. The fraction of sp³-hybridized carbons (Fsp3) is 0.818. The predicted molar refractivity (Wildman–Crippen MR) is 60.4 cm³/mol. The molecule has 0 aromatic heterocycles. The summed E-state index contributed by atoms with van der Waals surface area (Å²) >= 11 is 0. The fourth-order valence-corrected chi connectivity index (χ4v) is 2.13. The minimum absolute atomic E-state index is 0.128. The summed E-state index contributed by atoms with van der Waals surface area (Å²) in [5, 5.41) is 17.6. The summed E-state index contributed by atoms with van der Waals surface area (Å²) in [6.07, 6.45) is -0.272. The van der Waals surface area contributed by atoms with Gasteiger partial charge in [-0.1, -0.05) is 0 Å². The van der Waals surface area contributed by atoms with E-state index in [4.69, 9.17) is 10.2 Å². The third-order valence-electron chi connectivity index (χ3n) is 2.43. The Morgan fingerprint density at radius 2 is 1.25 bits per heavy atom. The molecule has 0 unspecified atom stereocenters. The first-order valence-electron chi connectivity index (χ1n) is 5.46. The molecular formula is C11H21NO4. The molecule has 0 saturated heterocycles. The third kappa shape index (κ3) is 5.11. The van der Waals surface area contributed by atoms with E-state index in [1.165, 1.54) is 0 Å². The van der Waals surface area contributed by atoms with E-state index in [0.717, 1.165) is 0 Å². The Morgan fingerprint density at radius 1 is 0.938 bits per heavy atom. The molecule has 0 bridgehead atoms. The summed E-state index contributed by atoms with van der Waals surface area (Å²) in [5.74, 6) is -1.92. The second-order valence-corrected chi connectivity index (χ2v) is 4.48. The monoisotopic (exact) mass is 231 g/mol. The van der Waals surface area contributed by atoms with Crippen LogP contribution in [0.15, 0.2) is 0 Å². The Bertz CT molecular complexity index is 226. The van der Waals surface area contributed by atoms with E-state index in [2.05, 4.69) is 0 Å². The summed E-state index contributed by atoms with van der Waals surface area (Å²) in [5.41, 5.74) is 0. The molecule has 0 rings (SSSR count). The number of carboxylic acid groups (broad SMARTS) is 2. The van der Waals surface area contributed by atoms with Crippen LogP contribution in [-0.4, -0.2) is 45.2 Å². The highest BCUT2D eigenvalue weighted by atomic mass is 16.4. The first-order valence-corrected chi connectivity index (χ1v) is 5.46. The molecule has 5 heteroatoms. The van der Waals surface area contributed by atoms with Crippen LogP contribution in [0.2, 0.25) is 0 Å². The zero-order valence-corrected chi connectivity index (χ0v) is 10.3. The van der Waals surface area contributed by atoms with Crippen molar-refractivity contribution in [2.75, 3.05) is 0 Å². The number of carbonyl (C=O) groups is 2. The minimum Gasteiger partial charge on any atom is -0.481 e. The zero-order chi connectivity index (χ0) is 12.9. The Kier molecular flexibility index (Phi) is 6.03. The largest absolute Gasteiger partial charge is 0.481 e. The molecule has 94 valence electrons. The Hall–Kier alpha value is -1.10. The van der Waals surface area contributed by atoms with Crippen LogP contribution in [0.1, 0.15) is 40.5 Å². The van der Waals surface area contributed by atoms with E-state index < -0.39 is 18.0 Å². The zero-order valence-electron chi connectivity index (χ0n) is 10.3. The smallest absolute Gasteiger partial charge is 0.304 e. The van der Waals surface area contributed by atoms with Crippen molar-refractivity contribution in [3.8, 4) is 0 Å². The molecular weight excluding hydrogens is 210 g/mol. The van der Waals surface area contributed by atoms with E-state index >= 15 is 0 Å². The lowest BCUT2D eigenvalue weighted by atomic mass is 10.0. The molecule has 0 fully saturated rings. The van der Waals surface area contributed by atoms with Crippen LogP contribution in [0.3, 0.4) is 0 Å². The van der Waals surface area contributed by atoms with Crippen LogP contribution < -0.4 is 0 Å². The Morgan fingerprint density at radius 3 is 1.44 bits per heavy atom. The number of hydrogen-bond acceptors (Lipinski definition) is 3. The van der Waals surface area contributed by atoms with Crippen molar-refractivity contribution in [1.29, 1.82) is 0 Å². The molecule has 0 saturated carbocycles. The van der Waals surface area contributed by atoms with Crippen LogP contribution in [0.25, 0.3) is 0 Å². The molecule has 0 aliphatic carbocycles. The van der Waals surface area contributed by atoms with E-state index in [1.54, 1.807) is 0 Å². The Balaban J connectivity index is 4.80. The second kappa shape index (κ2) is 6.48. The maximum atomic E-state index is 10.7. The summed E-state index contributed by atoms with van der Waals surface area (Å²) in [6.45, 7) is 7.76. The maximum absolute atomic E-state index is 10.7. The van der Waals surface area contributed by atoms with E-state index in [1.807, 2.05) is 32.6 Å². The lowest BCUT2D eigenvalue weighted by molar-refractivity contribution is -0.141. The van der Waals surface area contributed by atoms with Crippen molar-refractivity contribution in [2.45, 2.75) is 58.7 Å². The molecule has 0 aliphatic rings. The quantitative estimate of drug-likeness (QED) is 0.693. The van der Waals surface area contributed by atoms with Crippen LogP contribution in [-0.2, 0) is 9.59 Å². The van der Waals surface area contributed by atoms with Crippen LogP contribution >= 0.6 is 0 Å². The van der Waals surface area contributed by atoms with Crippen molar-refractivity contribution in [1.82, 2.24) is 4.90 Å². The van der Waals surface area contributed by atoms with Crippen molar-refractivity contribution in [3.05, 3.63) is 0 Å². The van der Waals surface area contributed by atoms with Crippen molar-refractivity contribution in [3.63, 3.8) is 0 Å². The molecule has 0 atom stereocenters. The van der Waals surface area contributed by atoms with Crippen LogP contribution in [0.5, 0.6) is 0 Å². The topological polar surface area (TPSA) is 77.8 Å². The summed E-state index contributed by atoms with van der Waals surface area (Å²) < 4.78 is 0. The maximum Gasteiger partial charge on any atom is 0.304 e. The molecule has 0 aromatic rings. The van der Waals surface area contributed by atoms with Gasteiger partial charge in [0.15, 0.2) is 0 Å². The minimum atomic E-state index is -0.961. The number of nitrogens with zero attached hydrogens (tertiary/aromatic N) is 1. The van der Waals surface area contributed by atoms with E-state index in [-0.39, 0.29) is 24.9 Å². The molecule has 5 nitrogen and oxygen atoms in total. The molecule has 0 aliphatic heterocycles. The van der Waals surface area contributed by atoms with E-state index in [0.29, 0.717) is 0 Å². The highest BCUT2D eigenvalue weighted by molar-refractivity contribution is 5.71. The average Bonchev–Trinajstić information content (AvgIpc) is 1.98.